The topological polar surface area (TPSA) is 81.4 Å². The Morgan fingerprint density at radius 2 is 2.18 bits per heavy atom. The van der Waals surface area contributed by atoms with Gasteiger partial charge in [0.05, 0.1) is 11.5 Å². The van der Waals surface area contributed by atoms with Crippen molar-refractivity contribution in [1.29, 1.82) is 0 Å². The normalized spacial score (nSPS) is 13.4. The molecule has 5 nitrogen and oxygen atoms in total. The van der Waals surface area contributed by atoms with Gasteiger partial charge < -0.3 is 10.5 Å². The number of ether oxygens (including phenoxy) is 1. The molecule has 1 aromatic rings. The number of rotatable bonds is 6. The van der Waals surface area contributed by atoms with Crippen LogP contribution in [0, 0.1) is 0 Å². The molecule has 3 N–H and O–H groups in total. The van der Waals surface area contributed by atoms with Crippen LogP contribution in [0.4, 0.5) is 0 Å². The highest BCUT2D eigenvalue weighted by molar-refractivity contribution is 7.89. The van der Waals surface area contributed by atoms with Gasteiger partial charge in [0.2, 0.25) is 10.0 Å². The third-order valence-electron chi connectivity index (χ3n) is 2.14. The highest BCUT2D eigenvalue weighted by Crippen LogP contribution is 2.17. The van der Waals surface area contributed by atoms with Crippen molar-refractivity contribution >= 4 is 10.0 Å². The van der Waals surface area contributed by atoms with Gasteiger partial charge in [0, 0.05) is 18.7 Å². The van der Waals surface area contributed by atoms with E-state index < -0.39 is 10.0 Å². The first-order valence-electron chi connectivity index (χ1n) is 5.45. The van der Waals surface area contributed by atoms with Crippen molar-refractivity contribution in [3.63, 3.8) is 0 Å². The van der Waals surface area contributed by atoms with Gasteiger partial charge >= 0.3 is 0 Å². The number of hydrogen-bond donors (Lipinski definition) is 2. The van der Waals surface area contributed by atoms with Crippen molar-refractivity contribution in [3.8, 4) is 5.75 Å². The van der Waals surface area contributed by atoms with E-state index in [-0.39, 0.29) is 17.5 Å². The van der Waals surface area contributed by atoms with Gasteiger partial charge in [0.15, 0.2) is 0 Å². The second-order valence-electron chi connectivity index (χ2n) is 3.67. The molecule has 1 aromatic carbocycles. The first kappa shape index (κ1) is 14.0. The van der Waals surface area contributed by atoms with Crippen molar-refractivity contribution in [2.45, 2.75) is 24.8 Å². The molecule has 1 rings (SSSR count). The van der Waals surface area contributed by atoms with Crippen LogP contribution in [-0.2, 0) is 10.0 Å². The largest absolute Gasteiger partial charge is 0.494 e. The second kappa shape index (κ2) is 6.00. The molecule has 0 aliphatic heterocycles. The molecule has 0 unspecified atom stereocenters. The Morgan fingerprint density at radius 3 is 2.76 bits per heavy atom. The van der Waals surface area contributed by atoms with Crippen LogP contribution in [0.25, 0.3) is 0 Å². The standard InChI is InChI=1S/C11H18N2O3S/c1-3-16-10-5-4-6-11(7-10)17(14,15)13-9(2)8-12/h4-7,9,13H,3,8,12H2,1-2H3/t9-/m1/s1. The minimum absolute atomic E-state index is 0.184. The third-order valence-corrected chi connectivity index (χ3v) is 3.72. The van der Waals surface area contributed by atoms with E-state index >= 15 is 0 Å². The van der Waals surface area contributed by atoms with E-state index in [9.17, 15) is 8.42 Å². The summed E-state index contributed by atoms with van der Waals surface area (Å²) in [6, 6.07) is 6.08. The van der Waals surface area contributed by atoms with Crippen LogP contribution in [0.3, 0.4) is 0 Å². The van der Waals surface area contributed by atoms with E-state index in [2.05, 4.69) is 4.72 Å². The molecule has 0 aromatic heterocycles. The summed E-state index contributed by atoms with van der Waals surface area (Å²) in [4.78, 5) is 0.184. The number of nitrogens with two attached hydrogens (primary N) is 1. The molecule has 0 amide bonds. The zero-order valence-corrected chi connectivity index (χ0v) is 10.8. The Balaban J connectivity index is 2.94. The number of benzene rings is 1. The molecule has 0 bridgehead atoms. The van der Waals surface area contributed by atoms with Crippen LogP contribution in [0.2, 0.25) is 0 Å². The first-order chi connectivity index (χ1) is 7.99. The summed E-state index contributed by atoms with van der Waals surface area (Å²) in [5, 5.41) is 0. The van der Waals surface area contributed by atoms with Gasteiger partial charge in [-0.15, -0.1) is 0 Å². The maximum absolute atomic E-state index is 11.9. The summed E-state index contributed by atoms with van der Waals surface area (Å²) in [5.41, 5.74) is 5.38. The average Bonchev–Trinajstić information content (AvgIpc) is 2.29. The maximum Gasteiger partial charge on any atom is 0.240 e. The van der Waals surface area contributed by atoms with Crippen molar-refractivity contribution in [1.82, 2.24) is 4.72 Å². The van der Waals surface area contributed by atoms with Gasteiger partial charge in [-0.05, 0) is 26.0 Å². The summed E-state index contributed by atoms with van der Waals surface area (Å²) in [7, 11) is -3.52. The lowest BCUT2D eigenvalue weighted by Crippen LogP contribution is -2.37. The fourth-order valence-corrected chi connectivity index (χ4v) is 2.57. The van der Waals surface area contributed by atoms with Gasteiger partial charge in [-0.3, -0.25) is 0 Å². The van der Waals surface area contributed by atoms with E-state index in [1.54, 1.807) is 19.1 Å². The summed E-state index contributed by atoms with van der Waals surface area (Å²) in [6.45, 7) is 4.31. The van der Waals surface area contributed by atoms with Gasteiger partial charge in [0.1, 0.15) is 5.75 Å². The lowest BCUT2D eigenvalue weighted by Gasteiger charge is -2.12. The van der Waals surface area contributed by atoms with E-state index in [0.29, 0.717) is 12.4 Å². The summed E-state index contributed by atoms with van der Waals surface area (Å²) in [6.07, 6.45) is 0. The lowest BCUT2D eigenvalue weighted by atomic mass is 10.3. The lowest BCUT2D eigenvalue weighted by molar-refractivity contribution is 0.339. The predicted octanol–water partition coefficient (Wildman–Crippen LogP) is 0.711. The molecule has 0 fully saturated rings. The number of hydrogen-bond acceptors (Lipinski definition) is 4. The highest BCUT2D eigenvalue weighted by Gasteiger charge is 2.16. The van der Waals surface area contributed by atoms with E-state index in [1.807, 2.05) is 6.92 Å². The van der Waals surface area contributed by atoms with Crippen molar-refractivity contribution in [2.24, 2.45) is 5.73 Å². The Kier molecular flexibility index (Phi) is 4.92. The van der Waals surface area contributed by atoms with Gasteiger partial charge in [-0.1, -0.05) is 6.07 Å². The van der Waals surface area contributed by atoms with Gasteiger partial charge in [0.25, 0.3) is 0 Å². The zero-order valence-electron chi connectivity index (χ0n) is 10.0. The maximum atomic E-state index is 11.9. The molecule has 0 aliphatic rings. The molecule has 17 heavy (non-hydrogen) atoms. The molecular weight excluding hydrogens is 240 g/mol. The highest BCUT2D eigenvalue weighted by atomic mass is 32.2. The quantitative estimate of drug-likeness (QED) is 0.787. The molecule has 1 atom stereocenters. The average molecular weight is 258 g/mol. The summed E-state index contributed by atoms with van der Waals surface area (Å²) < 4.78 is 31.6. The van der Waals surface area contributed by atoms with E-state index in [0.717, 1.165) is 0 Å². The summed E-state index contributed by atoms with van der Waals surface area (Å²) >= 11 is 0. The van der Waals surface area contributed by atoms with Crippen molar-refractivity contribution in [3.05, 3.63) is 24.3 Å². The predicted molar refractivity (Wildman–Crippen MR) is 66.4 cm³/mol. The molecule has 0 aliphatic carbocycles. The molecule has 0 spiro atoms. The monoisotopic (exact) mass is 258 g/mol. The molecule has 0 radical (unpaired) electrons. The van der Waals surface area contributed by atoms with E-state index in [1.165, 1.54) is 12.1 Å². The number of nitrogens with one attached hydrogen (secondary N) is 1. The smallest absolute Gasteiger partial charge is 0.240 e. The Bertz CT molecular complexity index is 460. The molecule has 6 heteroatoms. The van der Waals surface area contributed by atoms with E-state index in [4.69, 9.17) is 10.5 Å². The molecule has 96 valence electrons. The Labute approximate surface area is 102 Å². The minimum atomic E-state index is -3.52. The number of sulfonamides is 1. The SMILES string of the molecule is CCOc1cccc(S(=O)(=O)N[C@H](C)CN)c1. The molecule has 0 saturated carbocycles. The van der Waals surface area contributed by atoms with Crippen molar-refractivity contribution in [2.75, 3.05) is 13.2 Å². The van der Waals surface area contributed by atoms with Crippen LogP contribution in [-0.4, -0.2) is 27.6 Å². The van der Waals surface area contributed by atoms with Crippen LogP contribution in [0.5, 0.6) is 5.75 Å². The fourth-order valence-electron chi connectivity index (χ4n) is 1.28. The molecule has 0 heterocycles. The zero-order chi connectivity index (χ0) is 12.9. The third kappa shape index (κ3) is 3.99. The molecule has 0 saturated heterocycles. The van der Waals surface area contributed by atoms with Crippen LogP contribution >= 0.6 is 0 Å². The Hall–Kier alpha value is -1.11. The van der Waals surface area contributed by atoms with Gasteiger partial charge in [-0.2, -0.15) is 0 Å². The Morgan fingerprint density at radius 1 is 1.47 bits per heavy atom. The fraction of sp³-hybridized carbons (Fsp3) is 0.455. The summed E-state index contributed by atoms with van der Waals surface area (Å²) in [5.74, 6) is 0.538. The minimum Gasteiger partial charge on any atom is -0.494 e. The second-order valence-corrected chi connectivity index (χ2v) is 5.38. The van der Waals surface area contributed by atoms with Crippen LogP contribution < -0.4 is 15.2 Å². The first-order valence-corrected chi connectivity index (χ1v) is 6.93. The van der Waals surface area contributed by atoms with Crippen LogP contribution in [0.1, 0.15) is 13.8 Å². The van der Waals surface area contributed by atoms with Gasteiger partial charge in [-0.25, -0.2) is 13.1 Å². The van der Waals surface area contributed by atoms with Crippen molar-refractivity contribution < 1.29 is 13.2 Å². The van der Waals surface area contributed by atoms with Crippen LogP contribution in [0.15, 0.2) is 29.2 Å². The molecular formula is C11H18N2O3S.